The van der Waals surface area contributed by atoms with Gasteiger partial charge in [-0.05, 0) is 43.9 Å². The molecule has 2 aromatic heterocycles. The van der Waals surface area contributed by atoms with Gasteiger partial charge >= 0.3 is 0 Å². The fourth-order valence-corrected chi connectivity index (χ4v) is 5.15. The average molecular weight is 511 g/mol. The molecule has 9 nitrogen and oxygen atoms in total. The molecular weight excluding hydrogens is 476 g/mol. The number of ether oxygens (including phenoxy) is 3. The molecule has 3 heterocycles. The Balaban J connectivity index is 1.53. The summed E-state index contributed by atoms with van der Waals surface area (Å²) in [4.78, 5) is 24.1. The Hall–Kier alpha value is -3.53. The number of piperidine rings is 1. The Bertz CT molecular complexity index is 1210. The topological polar surface area (TPSA) is 99.0 Å². The van der Waals surface area contributed by atoms with Crippen LogP contribution >= 0.6 is 0 Å². The largest absolute Gasteiger partial charge is 0.479 e. The number of carbonyl (C=O) groups is 1. The van der Waals surface area contributed by atoms with Gasteiger partial charge in [-0.2, -0.15) is 34.8 Å². The van der Waals surface area contributed by atoms with Gasteiger partial charge in [0, 0.05) is 19.2 Å². The van der Waals surface area contributed by atoms with E-state index in [0.717, 1.165) is 31.5 Å². The second-order valence-electron chi connectivity index (χ2n) is 9.87. The molecule has 0 bridgehead atoms. The van der Waals surface area contributed by atoms with Gasteiger partial charge in [-0.25, -0.2) is 0 Å². The van der Waals surface area contributed by atoms with Crippen molar-refractivity contribution in [3.05, 3.63) is 41.7 Å². The lowest BCUT2D eigenvalue weighted by molar-refractivity contribution is 0.0990. The Morgan fingerprint density at radius 3 is 2.28 bits per heavy atom. The molecule has 10 heteroatoms. The minimum atomic E-state index is -1.51. The number of furan rings is 1. The normalized spacial score (nSPS) is 13.9. The van der Waals surface area contributed by atoms with E-state index in [0.29, 0.717) is 11.7 Å². The van der Waals surface area contributed by atoms with Crippen molar-refractivity contribution in [3.8, 4) is 23.5 Å². The molecule has 4 rings (SSSR count). The second kappa shape index (κ2) is 10.6. The number of amides is 1. The zero-order valence-corrected chi connectivity index (χ0v) is 22.8. The van der Waals surface area contributed by atoms with Crippen molar-refractivity contribution in [2.24, 2.45) is 0 Å². The van der Waals surface area contributed by atoms with Crippen LogP contribution in [0.5, 0.6) is 23.5 Å². The first-order valence-corrected chi connectivity index (χ1v) is 15.6. The molecular formula is C26H34N4O5Si-. The summed E-state index contributed by atoms with van der Waals surface area (Å²) in [6, 6.07) is 9.44. The van der Waals surface area contributed by atoms with Gasteiger partial charge in [0.25, 0.3) is 11.9 Å². The lowest BCUT2D eigenvalue weighted by atomic mass is 10.1. The molecule has 1 amide bonds. The minimum absolute atomic E-state index is 0.0771. The van der Waals surface area contributed by atoms with Gasteiger partial charge in [0.1, 0.15) is 5.75 Å². The van der Waals surface area contributed by atoms with E-state index in [1.807, 2.05) is 13.0 Å². The highest BCUT2D eigenvalue weighted by Gasteiger charge is 2.24. The smallest absolute Gasteiger partial charge is 0.291 e. The Morgan fingerprint density at radius 2 is 1.67 bits per heavy atom. The number of hydrogen-bond acceptors (Lipinski definition) is 8. The van der Waals surface area contributed by atoms with Crippen molar-refractivity contribution in [3.63, 3.8) is 0 Å². The fourth-order valence-electron chi connectivity index (χ4n) is 4.00. The fraction of sp³-hybridized carbons (Fsp3) is 0.423. The van der Waals surface area contributed by atoms with Gasteiger partial charge in [-0.3, -0.25) is 4.79 Å². The van der Waals surface area contributed by atoms with E-state index in [1.54, 1.807) is 12.1 Å². The summed E-state index contributed by atoms with van der Waals surface area (Å²) in [5.74, 6) is 1.48. The summed E-state index contributed by atoms with van der Waals surface area (Å²) in [6.07, 6.45) is 3.35. The molecule has 0 radical (unpaired) electrons. The van der Waals surface area contributed by atoms with Crippen molar-refractivity contribution in [1.29, 1.82) is 0 Å². The SMILES string of the molecule is COc1nc(N2CCCCC2)nc(OC)c1NC(=O)c1ccc(Oc2cc([Si-](C)(C)C)ccc2C)o1. The maximum absolute atomic E-state index is 13.0. The highest BCUT2D eigenvalue weighted by molar-refractivity contribution is 6.88. The van der Waals surface area contributed by atoms with Crippen LogP contribution in [0, 0.1) is 6.92 Å². The third kappa shape index (κ3) is 5.64. The number of rotatable bonds is 8. The summed E-state index contributed by atoms with van der Waals surface area (Å²) in [6.45, 7) is 10.6. The molecule has 0 aliphatic carbocycles. The predicted octanol–water partition coefficient (Wildman–Crippen LogP) is 4.98. The first-order chi connectivity index (χ1) is 17.2. The van der Waals surface area contributed by atoms with Crippen LogP contribution in [0.3, 0.4) is 0 Å². The average Bonchev–Trinajstić information content (AvgIpc) is 3.34. The molecule has 36 heavy (non-hydrogen) atoms. The molecule has 1 aliphatic rings. The zero-order valence-electron chi connectivity index (χ0n) is 21.8. The van der Waals surface area contributed by atoms with Gasteiger partial charge in [-0.1, -0.05) is 12.1 Å². The number of nitrogens with zero attached hydrogens (tertiary/aromatic N) is 3. The first kappa shape index (κ1) is 25.6. The van der Waals surface area contributed by atoms with E-state index in [2.05, 4.69) is 52.0 Å². The van der Waals surface area contributed by atoms with Gasteiger partial charge in [0.05, 0.1) is 14.2 Å². The van der Waals surface area contributed by atoms with Crippen LogP contribution < -0.4 is 29.6 Å². The van der Waals surface area contributed by atoms with Crippen LogP contribution in [-0.2, 0) is 0 Å². The van der Waals surface area contributed by atoms with Crippen LogP contribution in [0.15, 0.2) is 34.7 Å². The van der Waals surface area contributed by atoms with Crippen molar-refractivity contribution in [2.75, 3.05) is 37.5 Å². The number of aromatic nitrogens is 2. The van der Waals surface area contributed by atoms with Crippen LogP contribution in [0.1, 0.15) is 35.4 Å². The number of nitrogens with one attached hydrogen (secondary N) is 1. The number of hydrogen-bond donors (Lipinski definition) is 1. The lowest BCUT2D eigenvalue weighted by Gasteiger charge is -2.29. The first-order valence-electron chi connectivity index (χ1n) is 12.1. The molecule has 1 aromatic carbocycles. The number of carbonyl (C=O) groups excluding carboxylic acids is 1. The van der Waals surface area contributed by atoms with E-state index < -0.39 is 14.0 Å². The summed E-state index contributed by atoms with van der Waals surface area (Å²) in [5.41, 5.74) is 1.23. The maximum atomic E-state index is 13.0. The highest BCUT2D eigenvalue weighted by Crippen LogP contribution is 2.35. The van der Waals surface area contributed by atoms with Gasteiger partial charge < -0.3 is 28.8 Å². The highest BCUT2D eigenvalue weighted by atomic mass is 28.3. The Kier molecular flexibility index (Phi) is 7.53. The molecule has 1 fully saturated rings. The van der Waals surface area contributed by atoms with Crippen molar-refractivity contribution >= 4 is 30.8 Å². The minimum Gasteiger partial charge on any atom is -0.479 e. The van der Waals surface area contributed by atoms with E-state index >= 15 is 0 Å². The van der Waals surface area contributed by atoms with Crippen molar-refractivity contribution in [1.82, 2.24) is 9.97 Å². The van der Waals surface area contributed by atoms with Gasteiger partial charge in [-0.15, -0.1) is 8.07 Å². The summed E-state index contributed by atoms with van der Waals surface area (Å²) < 4.78 is 22.6. The number of benzene rings is 1. The Morgan fingerprint density at radius 1 is 1.00 bits per heavy atom. The zero-order chi connectivity index (χ0) is 25.9. The lowest BCUT2D eigenvalue weighted by Crippen LogP contribution is -2.37. The van der Waals surface area contributed by atoms with E-state index in [-0.39, 0.29) is 29.2 Å². The molecule has 1 aliphatic heterocycles. The van der Waals surface area contributed by atoms with E-state index in [9.17, 15) is 4.79 Å². The van der Waals surface area contributed by atoms with Crippen LogP contribution in [-0.4, -0.2) is 51.3 Å². The van der Waals surface area contributed by atoms with Crippen LogP contribution in [0.2, 0.25) is 19.6 Å². The molecule has 0 saturated carbocycles. The Labute approximate surface area is 212 Å². The van der Waals surface area contributed by atoms with Gasteiger partial charge in [0.15, 0.2) is 11.4 Å². The summed E-state index contributed by atoms with van der Waals surface area (Å²) in [5, 5.41) is 4.05. The molecule has 0 spiro atoms. The molecule has 193 valence electrons. The monoisotopic (exact) mass is 510 g/mol. The molecule has 1 saturated heterocycles. The standard InChI is InChI=1S/C26H34N4O5Si/c1-17-10-11-18(36(4,5)6)16-20(17)35-21-13-12-19(34-21)23(31)27-22-24(32-2)28-26(29-25(22)33-3)30-14-8-7-9-15-30/h10-13,16H,7-9,14-15H2,1-6H3,(H,27,31)/q-1. The number of aryl methyl sites for hydroxylation is 1. The molecule has 0 atom stereocenters. The van der Waals surface area contributed by atoms with Crippen molar-refractivity contribution < 1.29 is 23.4 Å². The summed E-state index contributed by atoms with van der Waals surface area (Å²) in [7, 11) is 1.48. The van der Waals surface area contributed by atoms with E-state index in [4.69, 9.17) is 18.6 Å². The van der Waals surface area contributed by atoms with Crippen molar-refractivity contribution in [2.45, 2.75) is 45.8 Å². The molecule has 1 N–H and O–H groups in total. The van der Waals surface area contributed by atoms with E-state index in [1.165, 1.54) is 25.8 Å². The molecule has 3 aromatic rings. The second-order valence-corrected chi connectivity index (χ2v) is 14.9. The van der Waals surface area contributed by atoms with Crippen LogP contribution in [0.4, 0.5) is 11.6 Å². The number of anilines is 2. The predicted molar refractivity (Wildman–Crippen MR) is 142 cm³/mol. The third-order valence-corrected chi connectivity index (χ3v) is 8.21. The van der Waals surface area contributed by atoms with Crippen LogP contribution in [0.25, 0.3) is 0 Å². The quantitative estimate of drug-likeness (QED) is 0.424. The molecule has 0 unspecified atom stereocenters. The number of methoxy groups -OCH3 is 2. The van der Waals surface area contributed by atoms with Gasteiger partial charge in [0.2, 0.25) is 17.7 Å². The third-order valence-electron chi connectivity index (χ3n) is 6.16. The summed E-state index contributed by atoms with van der Waals surface area (Å²) >= 11 is 0. The maximum Gasteiger partial charge on any atom is 0.291 e.